The molecule has 2 aromatic rings. The first kappa shape index (κ1) is 17.5. The first-order chi connectivity index (χ1) is 12.3. The lowest BCUT2D eigenvalue weighted by Crippen LogP contribution is -2.44. The van der Waals surface area contributed by atoms with Gasteiger partial charge in [0.05, 0.1) is 13.2 Å². The minimum absolute atomic E-state index is 0.0412. The number of ether oxygens (including phenoxy) is 2. The van der Waals surface area contributed by atoms with Crippen LogP contribution in [0.5, 0.6) is 5.75 Å². The van der Waals surface area contributed by atoms with Gasteiger partial charge in [-0.05, 0) is 23.3 Å². The Morgan fingerprint density at radius 1 is 1.12 bits per heavy atom. The summed E-state index contributed by atoms with van der Waals surface area (Å²) in [5.74, 6) is 0.902. The molecule has 5 nitrogen and oxygen atoms in total. The predicted molar refractivity (Wildman–Crippen MR) is 96.3 cm³/mol. The van der Waals surface area contributed by atoms with E-state index in [0.29, 0.717) is 26.2 Å². The summed E-state index contributed by atoms with van der Waals surface area (Å²) in [6, 6.07) is 18.0. The fraction of sp³-hybridized carbons (Fsp3) is 0.350. The molecule has 0 radical (unpaired) electrons. The molecule has 0 saturated carbocycles. The highest BCUT2D eigenvalue weighted by molar-refractivity contribution is 5.76. The fourth-order valence-corrected chi connectivity index (χ4v) is 2.68. The van der Waals surface area contributed by atoms with E-state index < -0.39 is 0 Å². The Kier molecular flexibility index (Phi) is 6.42. The summed E-state index contributed by atoms with van der Waals surface area (Å²) in [7, 11) is 0. The summed E-state index contributed by atoms with van der Waals surface area (Å²) in [6.45, 7) is 3.20. The maximum atomic E-state index is 12.0. The van der Waals surface area contributed by atoms with E-state index in [2.05, 4.69) is 10.6 Å². The highest BCUT2D eigenvalue weighted by Gasteiger charge is 2.16. The Morgan fingerprint density at radius 2 is 1.88 bits per heavy atom. The molecule has 25 heavy (non-hydrogen) atoms. The monoisotopic (exact) mass is 340 g/mol. The van der Waals surface area contributed by atoms with Gasteiger partial charge >= 0.3 is 0 Å². The summed E-state index contributed by atoms with van der Waals surface area (Å²) in [5.41, 5.74) is 2.17. The van der Waals surface area contributed by atoms with E-state index in [1.165, 1.54) is 0 Å². The van der Waals surface area contributed by atoms with Crippen LogP contribution in [0.1, 0.15) is 17.5 Å². The molecule has 1 saturated heterocycles. The van der Waals surface area contributed by atoms with Crippen LogP contribution >= 0.6 is 0 Å². The number of hydrogen-bond donors (Lipinski definition) is 2. The van der Waals surface area contributed by atoms with Crippen molar-refractivity contribution in [3.8, 4) is 5.75 Å². The molecule has 3 rings (SSSR count). The SMILES string of the molecule is O=C(CC1COCCN1)NCc1ccc(COc2ccccc2)cc1. The van der Waals surface area contributed by atoms with Crippen molar-refractivity contribution in [2.45, 2.75) is 25.6 Å². The van der Waals surface area contributed by atoms with Crippen LogP contribution in [0.4, 0.5) is 0 Å². The van der Waals surface area contributed by atoms with Crippen molar-refractivity contribution in [3.05, 3.63) is 65.7 Å². The maximum Gasteiger partial charge on any atom is 0.221 e. The topological polar surface area (TPSA) is 59.6 Å². The molecule has 1 heterocycles. The summed E-state index contributed by atoms with van der Waals surface area (Å²) < 4.78 is 11.1. The lowest BCUT2D eigenvalue weighted by Gasteiger charge is -2.23. The summed E-state index contributed by atoms with van der Waals surface area (Å²) >= 11 is 0. The van der Waals surface area contributed by atoms with Gasteiger partial charge in [-0.1, -0.05) is 42.5 Å². The number of amides is 1. The van der Waals surface area contributed by atoms with Crippen molar-refractivity contribution in [1.82, 2.24) is 10.6 Å². The van der Waals surface area contributed by atoms with Crippen LogP contribution in [-0.4, -0.2) is 31.7 Å². The Hall–Kier alpha value is -2.37. The molecule has 2 N–H and O–H groups in total. The maximum absolute atomic E-state index is 12.0. The number of rotatable bonds is 7. The van der Waals surface area contributed by atoms with Crippen LogP contribution in [0.2, 0.25) is 0 Å². The van der Waals surface area contributed by atoms with Gasteiger partial charge in [0.15, 0.2) is 0 Å². The average Bonchev–Trinajstić information content (AvgIpc) is 2.67. The number of benzene rings is 2. The molecule has 1 atom stereocenters. The largest absolute Gasteiger partial charge is 0.489 e. The number of carbonyl (C=O) groups excluding carboxylic acids is 1. The van der Waals surface area contributed by atoms with Crippen molar-refractivity contribution in [1.29, 1.82) is 0 Å². The van der Waals surface area contributed by atoms with Crippen LogP contribution in [-0.2, 0) is 22.7 Å². The van der Waals surface area contributed by atoms with Crippen LogP contribution in [0.25, 0.3) is 0 Å². The van der Waals surface area contributed by atoms with Crippen molar-refractivity contribution in [3.63, 3.8) is 0 Å². The molecular formula is C20H24N2O3. The second kappa shape index (κ2) is 9.20. The predicted octanol–water partition coefficient (Wildman–Crippen LogP) is 2.26. The third kappa shape index (κ3) is 5.89. The minimum Gasteiger partial charge on any atom is -0.489 e. The van der Waals surface area contributed by atoms with E-state index in [9.17, 15) is 4.79 Å². The summed E-state index contributed by atoms with van der Waals surface area (Å²) in [4.78, 5) is 12.0. The van der Waals surface area contributed by atoms with Gasteiger partial charge in [0.25, 0.3) is 0 Å². The zero-order valence-electron chi connectivity index (χ0n) is 14.2. The molecule has 0 aromatic heterocycles. The first-order valence-electron chi connectivity index (χ1n) is 8.63. The highest BCUT2D eigenvalue weighted by atomic mass is 16.5. The number of carbonyl (C=O) groups is 1. The molecule has 1 unspecified atom stereocenters. The van der Waals surface area contributed by atoms with Gasteiger partial charge in [0.2, 0.25) is 5.91 Å². The van der Waals surface area contributed by atoms with Crippen molar-refractivity contribution in [2.24, 2.45) is 0 Å². The van der Waals surface area contributed by atoms with Gasteiger partial charge in [0.1, 0.15) is 12.4 Å². The van der Waals surface area contributed by atoms with E-state index in [4.69, 9.17) is 9.47 Å². The van der Waals surface area contributed by atoms with Crippen LogP contribution in [0, 0.1) is 0 Å². The number of hydrogen-bond acceptors (Lipinski definition) is 4. The quantitative estimate of drug-likeness (QED) is 0.812. The molecule has 0 aliphatic carbocycles. The van der Waals surface area contributed by atoms with Crippen LogP contribution < -0.4 is 15.4 Å². The molecular weight excluding hydrogens is 316 g/mol. The lowest BCUT2D eigenvalue weighted by atomic mass is 10.1. The fourth-order valence-electron chi connectivity index (χ4n) is 2.68. The second-order valence-electron chi connectivity index (χ2n) is 6.13. The van der Waals surface area contributed by atoms with Crippen molar-refractivity contribution >= 4 is 5.91 Å². The smallest absolute Gasteiger partial charge is 0.221 e. The molecule has 1 fully saturated rings. The molecule has 1 amide bonds. The third-order valence-electron chi connectivity index (χ3n) is 4.09. The van der Waals surface area contributed by atoms with E-state index in [1.54, 1.807) is 0 Å². The Morgan fingerprint density at radius 3 is 2.60 bits per heavy atom. The summed E-state index contributed by atoms with van der Waals surface area (Å²) in [6.07, 6.45) is 0.447. The molecule has 5 heteroatoms. The molecule has 2 aromatic carbocycles. The van der Waals surface area contributed by atoms with E-state index in [0.717, 1.165) is 30.0 Å². The van der Waals surface area contributed by atoms with Crippen molar-refractivity contribution in [2.75, 3.05) is 19.8 Å². The Bertz CT molecular complexity index is 652. The molecule has 0 bridgehead atoms. The van der Waals surface area contributed by atoms with Crippen molar-refractivity contribution < 1.29 is 14.3 Å². The third-order valence-corrected chi connectivity index (χ3v) is 4.09. The minimum atomic E-state index is 0.0412. The number of para-hydroxylation sites is 1. The first-order valence-corrected chi connectivity index (χ1v) is 8.63. The van der Waals surface area contributed by atoms with Gasteiger partial charge in [0, 0.05) is 25.6 Å². The van der Waals surface area contributed by atoms with Gasteiger partial charge in [-0.25, -0.2) is 0 Å². The van der Waals surface area contributed by atoms with E-state index in [-0.39, 0.29) is 11.9 Å². The molecule has 0 spiro atoms. The zero-order chi connectivity index (χ0) is 17.3. The lowest BCUT2D eigenvalue weighted by molar-refractivity contribution is -0.122. The standard InChI is InChI=1S/C20H24N2O3/c23-20(12-18-15-24-11-10-21-18)22-13-16-6-8-17(9-7-16)14-25-19-4-2-1-3-5-19/h1-9,18,21H,10-15H2,(H,22,23). The molecule has 132 valence electrons. The van der Waals surface area contributed by atoms with Gasteiger partial charge < -0.3 is 20.1 Å². The van der Waals surface area contributed by atoms with Gasteiger partial charge in [-0.3, -0.25) is 4.79 Å². The molecule has 1 aliphatic heterocycles. The highest BCUT2D eigenvalue weighted by Crippen LogP contribution is 2.12. The molecule has 1 aliphatic rings. The zero-order valence-corrected chi connectivity index (χ0v) is 14.2. The Labute approximate surface area is 148 Å². The average molecular weight is 340 g/mol. The van der Waals surface area contributed by atoms with E-state index in [1.807, 2.05) is 54.6 Å². The van der Waals surface area contributed by atoms with Gasteiger partial charge in [-0.2, -0.15) is 0 Å². The van der Waals surface area contributed by atoms with Crippen LogP contribution in [0.15, 0.2) is 54.6 Å². The normalized spacial score (nSPS) is 17.0. The Balaban J connectivity index is 1.40. The number of morpholine rings is 1. The van der Waals surface area contributed by atoms with Gasteiger partial charge in [-0.15, -0.1) is 0 Å². The second-order valence-corrected chi connectivity index (χ2v) is 6.13. The van der Waals surface area contributed by atoms with E-state index >= 15 is 0 Å². The van der Waals surface area contributed by atoms with Crippen LogP contribution in [0.3, 0.4) is 0 Å². The summed E-state index contributed by atoms with van der Waals surface area (Å²) in [5, 5.41) is 6.24. The number of nitrogens with one attached hydrogen (secondary N) is 2.